The van der Waals surface area contributed by atoms with E-state index in [1.807, 2.05) is 0 Å². The summed E-state index contributed by atoms with van der Waals surface area (Å²) in [7, 11) is 0. The van der Waals surface area contributed by atoms with Gasteiger partial charge in [0.15, 0.2) is 6.10 Å². The summed E-state index contributed by atoms with van der Waals surface area (Å²) < 4.78 is 10.4. The molecule has 0 unspecified atom stereocenters. The van der Waals surface area contributed by atoms with Crippen LogP contribution in [0.3, 0.4) is 0 Å². The smallest absolute Gasteiger partial charge is 0.324 e. The molecule has 1 atom stereocenters. The highest BCUT2D eigenvalue weighted by Crippen LogP contribution is 2.25. The van der Waals surface area contributed by atoms with Crippen LogP contribution in [0.2, 0.25) is 0 Å². The minimum Gasteiger partial charge on any atom is -0.508 e. The van der Waals surface area contributed by atoms with Crippen LogP contribution in [0.15, 0.2) is 28.9 Å². The lowest BCUT2D eigenvalue weighted by atomic mass is 10.1. The Morgan fingerprint density at radius 3 is 2.96 bits per heavy atom. The molecule has 0 radical (unpaired) electrons. The van der Waals surface area contributed by atoms with Gasteiger partial charge in [-0.15, -0.1) is 0 Å². The van der Waals surface area contributed by atoms with Gasteiger partial charge in [-0.2, -0.15) is 0 Å². The number of ether oxygens (including phenoxy) is 1. The SMILES string of the molecule is C[C@H](OC(=O)Cc1coc2cc(O)ccc12)C(=O)N1CCNC1=O. The summed E-state index contributed by atoms with van der Waals surface area (Å²) in [6, 6.07) is 4.09. The Morgan fingerprint density at radius 2 is 2.25 bits per heavy atom. The van der Waals surface area contributed by atoms with Gasteiger partial charge in [0.05, 0.1) is 12.7 Å². The number of amides is 3. The van der Waals surface area contributed by atoms with Crippen molar-refractivity contribution in [1.82, 2.24) is 10.2 Å². The fourth-order valence-electron chi connectivity index (χ4n) is 2.55. The van der Waals surface area contributed by atoms with Crippen LogP contribution < -0.4 is 5.32 Å². The molecule has 1 aliphatic rings. The number of carbonyl (C=O) groups excluding carboxylic acids is 3. The van der Waals surface area contributed by atoms with E-state index in [1.165, 1.54) is 25.3 Å². The first kappa shape index (κ1) is 15.9. The van der Waals surface area contributed by atoms with Gasteiger partial charge in [-0.1, -0.05) is 0 Å². The maximum atomic E-state index is 12.1. The second-order valence-electron chi connectivity index (χ2n) is 5.47. The molecular formula is C16H16N2O6. The topological polar surface area (TPSA) is 109 Å². The maximum absolute atomic E-state index is 12.1. The zero-order chi connectivity index (χ0) is 17.3. The lowest BCUT2D eigenvalue weighted by molar-refractivity contribution is -0.156. The molecule has 0 saturated carbocycles. The Morgan fingerprint density at radius 1 is 1.46 bits per heavy atom. The minimum atomic E-state index is -1.05. The molecule has 2 aromatic rings. The van der Waals surface area contributed by atoms with Crippen LogP contribution in [0.1, 0.15) is 12.5 Å². The maximum Gasteiger partial charge on any atom is 0.324 e. The highest BCUT2D eigenvalue weighted by Gasteiger charge is 2.31. The fourth-order valence-corrected chi connectivity index (χ4v) is 2.55. The molecule has 8 heteroatoms. The number of benzene rings is 1. The summed E-state index contributed by atoms with van der Waals surface area (Å²) in [6.07, 6.45) is 0.274. The third-order valence-electron chi connectivity index (χ3n) is 3.75. The van der Waals surface area contributed by atoms with Crippen molar-refractivity contribution in [2.24, 2.45) is 0 Å². The van der Waals surface area contributed by atoms with Crippen LogP contribution in [-0.2, 0) is 20.7 Å². The number of phenolic OH excluding ortho intramolecular Hbond substituents is 1. The van der Waals surface area contributed by atoms with Crippen LogP contribution in [-0.4, -0.2) is 47.1 Å². The van der Waals surface area contributed by atoms with Gasteiger partial charge in [0.25, 0.3) is 5.91 Å². The van der Waals surface area contributed by atoms with E-state index in [2.05, 4.69) is 5.32 Å². The van der Waals surface area contributed by atoms with E-state index >= 15 is 0 Å². The minimum absolute atomic E-state index is 0.0640. The van der Waals surface area contributed by atoms with Crippen molar-refractivity contribution in [3.63, 3.8) is 0 Å². The number of furan rings is 1. The number of nitrogens with zero attached hydrogens (tertiary/aromatic N) is 1. The molecule has 0 aliphatic carbocycles. The molecule has 2 N–H and O–H groups in total. The predicted molar refractivity (Wildman–Crippen MR) is 82.2 cm³/mol. The number of urea groups is 1. The molecule has 126 valence electrons. The Hall–Kier alpha value is -3.03. The summed E-state index contributed by atoms with van der Waals surface area (Å²) in [5.74, 6) is -1.10. The molecule has 2 heterocycles. The lowest BCUT2D eigenvalue weighted by Crippen LogP contribution is -2.42. The van der Waals surface area contributed by atoms with E-state index in [0.717, 1.165) is 4.90 Å². The summed E-state index contributed by atoms with van der Waals surface area (Å²) in [5.41, 5.74) is 1.05. The number of rotatable bonds is 4. The molecule has 0 bridgehead atoms. The van der Waals surface area contributed by atoms with E-state index in [0.29, 0.717) is 23.1 Å². The van der Waals surface area contributed by atoms with E-state index < -0.39 is 24.0 Å². The second-order valence-corrected chi connectivity index (χ2v) is 5.47. The molecule has 8 nitrogen and oxygen atoms in total. The van der Waals surface area contributed by atoms with Crippen LogP contribution in [0.4, 0.5) is 4.79 Å². The highest BCUT2D eigenvalue weighted by molar-refractivity contribution is 5.98. The average Bonchev–Trinajstić information content (AvgIpc) is 3.12. The van der Waals surface area contributed by atoms with Crippen molar-refractivity contribution in [2.75, 3.05) is 13.1 Å². The van der Waals surface area contributed by atoms with Gasteiger partial charge in [0, 0.05) is 30.1 Å². The number of esters is 1. The number of phenols is 1. The highest BCUT2D eigenvalue weighted by atomic mass is 16.5. The van der Waals surface area contributed by atoms with Gasteiger partial charge in [-0.05, 0) is 19.1 Å². The van der Waals surface area contributed by atoms with Gasteiger partial charge >= 0.3 is 12.0 Å². The standard InChI is InChI=1S/C16H16N2O6/c1-9(15(21)18-5-4-17-16(18)22)24-14(20)6-10-8-23-13-7-11(19)2-3-12(10)13/h2-3,7-9,19H,4-6H2,1H3,(H,17,22)/t9-/m0/s1. The summed E-state index contributed by atoms with van der Waals surface area (Å²) in [6.45, 7) is 2.08. The van der Waals surface area contributed by atoms with Crippen molar-refractivity contribution >= 4 is 28.9 Å². The van der Waals surface area contributed by atoms with Gasteiger partial charge in [0.2, 0.25) is 0 Å². The first-order chi connectivity index (χ1) is 11.5. The summed E-state index contributed by atoms with van der Waals surface area (Å²) >= 11 is 0. The molecule has 24 heavy (non-hydrogen) atoms. The fraction of sp³-hybridized carbons (Fsp3) is 0.312. The Balaban J connectivity index is 1.64. The number of hydrogen-bond donors (Lipinski definition) is 2. The third-order valence-corrected chi connectivity index (χ3v) is 3.75. The van der Waals surface area contributed by atoms with Crippen molar-refractivity contribution in [3.05, 3.63) is 30.0 Å². The summed E-state index contributed by atoms with van der Waals surface area (Å²) in [5, 5.41) is 12.6. The van der Waals surface area contributed by atoms with Crippen LogP contribution >= 0.6 is 0 Å². The van der Waals surface area contributed by atoms with Crippen molar-refractivity contribution in [2.45, 2.75) is 19.4 Å². The monoisotopic (exact) mass is 332 g/mol. The first-order valence-electron chi connectivity index (χ1n) is 7.43. The molecule has 1 aromatic carbocycles. The van der Waals surface area contributed by atoms with E-state index in [1.54, 1.807) is 6.07 Å². The summed E-state index contributed by atoms with van der Waals surface area (Å²) in [4.78, 5) is 36.6. The molecule has 0 spiro atoms. The average molecular weight is 332 g/mol. The number of carbonyl (C=O) groups is 3. The number of hydrogen-bond acceptors (Lipinski definition) is 6. The Bertz CT molecular complexity index is 812. The molecule has 3 rings (SSSR count). The first-order valence-corrected chi connectivity index (χ1v) is 7.43. The molecule has 1 aromatic heterocycles. The van der Waals surface area contributed by atoms with Crippen LogP contribution in [0.25, 0.3) is 11.0 Å². The second kappa shape index (κ2) is 6.23. The van der Waals surface area contributed by atoms with Crippen LogP contribution in [0, 0.1) is 0 Å². The molecule has 3 amide bonds. The van der Waals surface area contributed by atoms with Crippen molar-refractivity contribution in [3.8, 4) is 5.75 Å². The number of aromatic hydroxyl groups is 1. The van der Waals surface area contributed by atoms with Gasteiger partial charge in [-0.3, -0.25) is 14.5 Å². The number of fused-ring (bicyclic) bond motifs is 1. The quantitative estimate of drug-likeness (QED) is 0.813. The normalized spacial score (nSPS) is 15.4. The largest absolute Gasteiger partial charge is 0.508 e. The zero-order valence-corrected chi connectivity index (χ0v) is 12.9. The molecular weight excluding hydrogens is 316 g/mol. The number of imide groups is 1. The zero-order valence-electron chi connectivity index (χ0n) is 12.9. The van der Waals surface area contributed by atoms with Gasteiger partial charge < -0.3 is 19.6 Å². The van der Waals surface area contributed by atoms with E-state index in [9.17, 15) is 19.5 Å². The van der Waals surface area contributed by atoms with Gasteiger partial charge in [-0.25, -0.2) is 4.79 Å². The third kappa shape index (κ3) is 3.03. The molecule has 1 fully saturated rings. The number of nitrogens with one attached hydrogen (secondary N) is 1. The van der Waals surface area contributed by atoms with Crippen molar-refractivity contribution in [1.29, 1.82) is 0 Å². The predicted octanol–water partition coefficient (Wildman–Crippen LogP) is 1.16. The molecule has 1 aliphatic heterocycles. The van der Waals surface area contributed by atoms with Gasteiger partial charge in [0.1, 0.15) is 11.3 Å². The van der Waals surface area contributed by atoms with E-state index in [4.69, 9.17) is 9.15 Å². The lowest BCUT2D eigenvalue weighted by Gasteiger charge is -2.18. The van der Waals surface area contributed by atoms with Crippen molar-refractivity contribution < 1.29 is 28.6 Å². The van der Waals surface area contributed by atoms with E-state index in [-0.39, 0.29) is 18.7 Å². The Kier molecular flexibility index (Phi) is 4.11. The Labute approximate surface area is 137 Å². The van der Waals surface area contributed by atoms with Crippen LogP contribution in [0.5, 0.6) is 5.75 Å². The molecule has 1 saturated heterocycles.